The zero-order valence-corrected chi connectivity index (χ0v) is 24.5. The van der Waals surface area contributed by atoms with Gasteiger partial charge in [0.1, 0.15) is 0 Å². The standard InChI is InChI=1S/C32H44N4O3/c1-22(2)15-28(36-14-12-25(16-30(36)37)11-13-35(5)6)21-34-29(18-31(38)39-7)26-17-27(20-33-19-26)32-23(3)9-8-10-24(32)4/h8-10,12,14,16-17,19-20,22,28-29,34H,11,13,15,18,21H2,1-7H3/t28-,29-/m0/s1. The fraction of sp³-hybridized carbons (Fsp3) is 0.469. The third kappa shape index (κ3) is 8.60. The van der Waals surface area contributed by atoms with Crippen LogP contribution in [0.4, 0.5) is 0 Å². The summed E-state index contributed by atoms with van der Waals surface area (Å²) in [6.07, 6.45) is 7.42. The van der Waals surface area contributed by atoms with Crippen molar-refractivity contribution in [3.05, 3.63) is 87.6 Å². The van der Waals surface area contributed by atoms with Crippen molar-refractivity contribution in [2.75, 3.05) is 34.3 Å². The molecule has 1 aromatic carbocycles. The Balaban J connectivity index is 1.89. The highest BCUT2D eigenvalue weighted by Crippen LogP contribution is 2.29. The largest absolute Gasteiger partial charge is 0.469 e. The Bertz CT molecular complexity index is 1280. The number of aromatic nitrogens is 2. The first kappa shape index (κ1) is 30.3. The smallest absolute Gasteiger partial charge is 0.307 e. The van der Waals surface area contributed by atoms with Crippen LogP contribution in [0.1, 0.15) is 61.0 Å². The molecule has 0 saturated heterocycles. The van der Waals surface area contributed by atoms with Gasteiger partial charge in [0, 0.05) is 55.4 Å². The maximum absolute atomic E-state index is 13.1. The minimum absolute atomic E-state index is 0.00177. The molecular formula is C32H44N4O3. The Kier molecular flexibility index (Phi) is 11.0. The Morgan fingerprint density at radius 1 is 1.10 bits per heavy atom. The SMILES string of the molecule is COC(=O)C[C@H](NC[C@H](CC(C)C)n1ccc(CCN(C)C)cc1=O)c1cncc(-c2c(C)cccc2C)c1. The number of carbonyl (C=O) groups is 1. The van der Waals surface area contributed by atoms with Crippen LogP contribution in [0.25, 0.3) is 11.1 Å². The number of methoxy groups -OCH3 is 1. The Morgan fingerprint density at radius 2 is 1.82 bits per heavy atom. The van der Waals surface area contributed by atoms with Crippen molar-refractivity contribution in [1.29, 1.82) is 0 Å². The van der Waals surface area contributed by atoms with E-state index in [0.29, 0.717) is 12.5 Å². The van der Waals surface area contributed by atoms with E-state index in [9.17, 15) is 9.59 Å². The number of hydrogen-bond donors (Lipinski definition) is 1. The molecule has 39 heavy (non-hydrogen) atoms. The number of carbonyl (C=O) groups excluding carboxylic acids is 1. The number of likely N-dealkylation sites (N-methyl/N-ethyl adjacent to an activating group) is 1. The molecule has 2 heterocycles. The van der Waals surface area contributed by atoms with Crippen LogP contribution in [-0.4, -0.2) is 54.7 Å². The highest BCUT2D eigenvalue weighted by molar-refractivity contribution is 5.72. The van der Waals surface area contributed by atoms with Crippen LogP contribution in [0, 0.1) is 19.8 Å². The first-order valence-electron chi connectivity index (χ1n) is 13.8. The van der Waals surface area contributed by atoms with E-state index >= 15 is 0 Å². The average Bonchev–Trinajstić information content (AvgIpc) is 2.89. The van der Waals surface area contributed by atoms with E-state index in [2.05, 4.69) is 67.2 Å². The molecule has 3 rings (SSSR count). The van der Waals surface area contributed by atoms with Gasteiger partial charge in [0.05, 0.1) is 13.5 Å². The molecule has 0 bridgehead atoms. The molecule has 3 aromatic rings. The summed E-state index contributed by atoms with van der Waals surface area (Å²) in [5.41, 5.74) is 6.48. The van der Waals surface area contributed by atoms with Crippen molar-refractivity contribution in [3.63, 3.8) is 0 Å². The van der Waals surface area contributed by atoms with Crippen LogP contribution >= 0.6 is 0 Å². The van der Waals surface area contributed by atoms with E-state index in [4.69, 9.17) is 4.74 Å². The van der Waals surface area contributed by atoms with Crippen LogP contribution in [0.15, 0.2) is 59.8 Å². The van der Waals surface area contributed by atoms with E-state index in [1.54, 1.807) is 12.3 Å². The van der Waals surface area contributed by atoms with Gasteiger partial charge in [-0.3, -0.25) is 14.6 Å². The quantitative estimate of drug-likeness (QED) is 0.308. The summed E-state index contributed by atoms with van der Waals surface area (Å²) >= 11 is 0. The van der Waals surface area contributed by atoms with Crippen molar-refractivity contribution in [2.45, 2.75) is 59.0 Å². The molecule has 0 radical (unpaired) electrons. The van der Waals surface area contributed by atoms with Crippen LogP contribution in [0.2, 0.25) is 0 Å². The molecule has 0 aliphatic carbocycles. The minimum atomic E-state index is -0.307. The fourth-order valence-corrected chi connectivity index (χ4v) is 5.07. The second-order valence-corrected chi connectivity index (χ2v) is 11.1. The number of nitrogens with one attached hydrogen (secondary N) is 1. The lowest BCUT2D eigenvalue weighted by Crippen LogP contribution is -2.35. The zero-order valence-electron chi connectivity index (χ0n) is 24.5. The van der Waals surface area contributed by atoms with Crippen molar-refractivity contribution < 1.29 is 9.53 Å². The van der Waals surface area contributed by atoms with Gasteiger partial charge in [-0.2, -0.15) is 0 Å². The van der Waals surface area contributed by atoms with Gasteiger partial charge in [-0.15, -0.1) is 0 Å². The molecule has 7 nitrogen and oxygen atoms in total. The van der Waals surface area contributed by atoms with Crippen LogP contribution in [-0.2, 0) is 16.0 Å². The minimum Gasteiger partial charge on any atom is -0.469 e. The summed E-state index contributed by atoms with van der Waals surface area (Å²) in [7, 11) is 5.47. The average molecular weight is 533 g/mol. The second-order valence-electron chi connectivity index (χ2n) is 11.1. The number of nitrogens with zero attached hydrogens (tertiary/aromatic N) is 3. The first-order valence-corrected chi connectivity index (χ1v) is 13.8. The predicted molar refractivity (Wildman–Crippen MR) is 158 cm³/mol. The molecular weight excluding hydrogens is 488 g/mol. The van der Waals surface area contributed by atoms with Crippen LogP contribution in [0.5, 0.6) is 0 Å². The van der Waals surface area contributed by atoms with Crippen molar-refractivity contribution >= 4 is 5.97 Å². The summed E-state index contributed by atoms with van der Waals surface area (Å²) in [5, 5.41) is 3.59. The number of ether oxygens (including phenoxy) is 1. The fourth-order valence-electron chi connectivity index (χ4n) is 5.07. The predicted octanol–water partition coefficient (Wildman–Crippen LogP) is 5.11. The number of pyridine rings is 2. The summed E-state index contributed by atoms with van der Waals surface area (Å²) in [6.45, 7) is 9.94. The van der Waals surface area contributed by atoms with Crippen LogP contribution < -0.4 is 10.9 Å². The Hall–Kier alpha value is -3.29. The third-order valence-electron chi connectivity index (χ3n) is 7.13. The van der Waals surface area contributed by atoms with E-state index in [0.717, 1.165) is 41.6 Å². The van der Waals surface area contributed by atoms with E-state index in [-0.39, 0.29) is 30.0 Å². The van der Waals surface area contributed by atoms with Gasteiger partial charge in [0.2, 0.25) is 0 Å². The first-order chi connectivity index (χ1) is 18.6. The van der Waals surface area contributed by atoms with E-state index in [1.165, 1.54) is 18.2 Å². The zero-order chi connectivity index (χ0) is 28.5. The lowest BCUT2D eigenvalue weighted by molar-refractivity contribution is -0.141. The lowest BCUT2D eigenvalue weighted by atomic mass is 9.94. The maximum atomic E-state index is 13.1. The Morgan fingerprint density at radius 3 is 2.44 bits per heavy atom. The number of benzene rings is 1. The molecule has 0 saturated carbocycles. The normalized spacial score (nSPS) is 13.1. The summed E-state index contributed by atoms with van der Waals surface area (Å²) in [4.78, 5) is 32.2. The lowest BCUT2D eigenvalue weighted by Gasteiger charge is -2.26. The van der Waals surface area contributed by atoms with E-state index < -0.39 is 0 Å². The summed E-state index contributed by atoms with van der Waals surface area (Å²) in [6, 6.07) is 11.8. The molecule has 1 N–H and O–H groups in total. The molecule has 0 fully saturated rings. The van der Waals surface area contributed by atoms with Gasteiger partial charge >= 0.3 is 5.97 Å². The highest BCUT2D eigenvalue weighted by Gasteiger charge is 2.22. The van der Waals surface area contributed by atoms with Gasteiger partial charge in [0.15, 0.2) is 0 Å². The summed E-state index contributed by atoms with van der Waals surface area (Å²) in [5.74, 6) is 0.0954. The monoisotopic (exact) mass is 532 g/mol. The molecule has 0 aliphatic heterocycles. The van der Waals surface area contributed by atoms with Crippen LogP contribution in [0.3, 0.4) is 0 Å². The van der Waals surface area contributed by atoms with Gasteiger partial charge in [-0.25, -0.2) is 0 Å². The highest BCUT2D eigenvalue weighted by atomic mass is 16.5. The second kappa shape index (κ2) is 14.2. The third-order valence-corrected chi connectivity index (χ3v) is 7.13. The number of aryl methyl sites for hydroxylation is 2. The van der Waals surface area contributed by atoms with Gasteiger partial charge in [-0.1, -0.05) is 32.0 Å². The number of hydrogen-bond acceptors (Lipinski definition) is 6. The number of esters is 1. The molecule has 0 aliphatic rings. The molecule has 210 valence electrons. The van der Waals surface area contributed by atoms with Crippen molar-refractivity contribution in [2.24, 2.45) is 5.92 Å². The molecule has 0 amide bonds. The molecule has 7 heteroatoms. The molecule has 2 atom stereocenters. The maximum Gasteiger partial charge on any atom is 0.307 e. The Labute approximate surface area is 233 Å². The van der Waals surface area contributed by atoms with Gasteiger partial charge in [0.25, 0.3) is 5.56 Å². The summed E-state index contributed by atoms with van der Waals surface area (Å²) < 4.78 is 6.85. The molecule has 0 unspecified atom stereocenters. The molecule has 0 spiro atoms. The van der Waals surface area contributed by atoms with Gasteiger partial charge in [-0.05, 0) is 86.7 Å². The van der Waals surface area contributed by atoms with Gasteiger partial charge < -0.3 is 19.5 Å². The van der Waals surface area contributed by atoms with E-state index in [1.807, 2.05) is 37.1 Å². The van der Waals surface area contributed by atoms with Crippen molar-refractivity contribution in [3.8, 4) is 11.1 Å². The van der Waals surface area contributed by atoms with Crippen molar-refractivity contribution in [1.82, 2.24) is 19.8 Å². The number of rotatable bonds is 13. The molecule has 2 aromatic heterocycles. The topological polar surface area (TPSA) is 76.5 Å².